The maximum atomic E-state index is 12.3. The average molecular weight is 346 g/mol. The van der Waals surface area contributed by atoms with Crippen molar-refractivity contribution >= 4 is 5.91 Å². The average Bonchev–Trinajstić information content (AvgIpc) is 2.66. The van der Waals surface area contributed by atoms with Gasteiger partial charge in [-0.1, -0.05) is 6.07 Å². The summed E-state index contributed by atoms with van der Waals surface area (Å²) < 4.78 is 5.85. The van der Waals surface area contributed by atoms with Gasteiger partial charge in [0.25, 0.3) is 0 Å². The summed E-state index contributed by atoms with van der Waals surface area (Å²) in [6.07, 6.45) is 6.22. The molecule has 0 unspecified atom stereocenters. The van der Waals surface area contributed by atoms with Crippen molar-refractivity contribution in [1.29, 1.82) is 0 Å². The van der Waals surface area contributed by atoms with Crippen molar-refractivity contribution in [3.8, 4) is 5.75 Å². The van der Waals surface area contributed by atoms with Gasteiger partial charge in [0, 0.05) is 39.1 Å². The molecule has 1 aliphatic carbocycles. The predicted octanol–water partition coefficient (Wildman–Crippen LogP) is 1.86. The summed E-state index contributed by atoms with van der Waals surface area (Å²) in [7, 11) is 0. The number of aliphatic hydroxyl groups is 1. The minimum atomic E-state index is 0.188. The number of piperazine rings is 1. The van der Waals surface area contributed by atoms with Crippen LogP contribution in [-0.2, 0) is 17.6 Å². The highest BCUT2D eigenvalue weighted by Gasteiger charge is 2.20. The number of carbonyl (C=O) groups excluding carboxylic acids is 1. The van der Waals surface area contributed by atoms with Crippen molar-refractivity contribution in [1.82, 2.24) is 9.80 Å². The van der Waals surface area contributed by atoms with Gasteiger partial charge in [-0.15, -0.1) is 0 Å². The van der Waals surface area contributed by atoms with Crippen LogP contribution in [0.25, 0.3) is 0 Å². The Balaban J connectivity index is 1.35. The summed E-state index contributed by atoms with van der Waals surface area (Å²) in [4.78, 5) is 16.4. The van der Waals surface area contributed by atoms with E-state index >= 15 is 0 Å². The first-order valence-electron chi connectivity index (χ1n) is 9.62. The highest BCUT2D eigenvalue weighted by atomic mass is 16.5. The number of β-amino-alcohol motifs (C(OH)–C–C–N with tert-alkyl or cyclic N) is 1. The SMILES string of the molecule is O=C(CCCOc1ccc2c(c1)CCCC2)N1CCN(CCO)CC1. The van der Waals surface area contributed by atoms with Gasteiger partial charge in [0.1, 0.15) is 5.75 Å². The molecule has 5 heteroatoms. The van der Waals surface area contributed by atoms with Crippen LogP contribution in [0.4, 0.5) is 0 Å². The van der Waals surface area contributed by atoms with E-state index in [-0.39, 0.29) is 12.5 Å². The van der Waals surface area contributed by atoms with Crippen LogP contribution < -0.4 is 4.74 Å². The molecule has 0 radical (unpaired) electrons. The van der Waals surface area contributed by atoms with Crippen LogP contribution in [0.3, 0.4) is 0 Å². The fraction of sp³-hybridized carbons (Fsp3) is 0.650. The van der Waals surface area contributed by atoms with Gasteiger partial charge in [0.05, 0.1) is 13.2 Å². The molecule has 5 nitrogen and oxygen atoms in total. The molecule has 1 fully saturated rings. The van der Waals surface area contributed by atoms with Crippen LogP contribution in [0.1, 0.15) is 36.8 Å². The minimum Gasteiger partial charge on any atom is -0.494 e. The van der Waals surface area contributed by atoms with Crippen molar-refractivity contribution in [3.63, 3.8) is 0 Å². The number of fused-ring (bicyclic) bond motifs is 1. The van der Waals surface area contributed by atoms with Crippen molar-refractivity contribution < 1.29 is 14.6 Å². The molecule has 0 aromatic heterocycles. The first kappa shape index (κ1) is 18.2. The van der Waals surface area contributed by atoms with E-state index in [9.17, 15) is 4.79 Å². The molecular formula is C20H30N2O3. The number of amides is 1. The fourth-order valence-corrected chi connectivity index (χ4v) is 3.73. The molecule has 1 aromatic rings. The van der Waals surface area contributed by atoms with Crippen LogP contribution in [0.5, 0.6) is 5.75 Å². The van der Waals surface area contributed by atoms with E-state index in [1.807, 2.05) is 4.90 Å². The molecule has 0 atom stereocenters. The Hall–Kier alpha value is -1.59. The van der Waals surface area contributed by atoms with Crippen LogP contribution in [-0.4, -0.2) is 66.8 Å². The largest absolute Gasteiger partial charge is 0.494 e. The van der Waals surface area contributed by atoms with Gasteiger partial charge in [-0.05, 0) is 55.4 Å². The van der Waals surface area contributed by atoms with E-state index < -0.39 is 0 Å². The van der Waals surface area contributed by atoms with Gasteiger partial charge in [0.15, 0.2) is 0 Å². The minimum absolute atomic E-state index is 0.188. The number of ether oxygens (including phenoxy) is 1. The standard InChI is InChI=1S/C20H30N2O3/c23-14-13-21-9-11-22(12-10-21)20(24)6-3-15-25-19-8-7-17-4-1-2-5-18(17)16-19/h7-8,16,23H,1-6,9-15H2. The van der Waals surface area contributed by atoms with E-state index in [1.54, 1.807) is 0 Å². The second kappa shape index (κ2) is 9.20. The van der Waals surface area contributed by atoms with Gasteiger partial charge in [-0.3, -0.25) is 9.69 Å². The number of benzene rings is 1. The Bertz CT molecular complexity index is 568. The Morgan fingerprint density at radius 2 is 1.84 bits per heavy atom. The molecule has 0 spiro atoms. The molecule has 2 aliphatic rings. The zero-order chi connectivity index (χ0) is 17.5. The molecule has 0 saturated carbocycles. The zero-order valence-corrected chi connectivity index (χ0v) is 15.1. The number of aryl methyl sites for hydroxylation is 2. The number of nitrogens with zero attached hydrogens (tertiary/aromatic N) is 2. The summed E-state index contributed by atoms with van der Waals surface area (Å²) in [5.74, 6) is 1.16. The molecular weight excluding hydrogens is 316 g/mol. The molecule has 138 valence electrons. The van der Waals surface area contributed by atoms with E-state index in [1.165, 1.54) is 30.4 Å². The maximum Gasteiger partial charge on any atom is 0.222 e. The van der Waals surface area contributed by atoms with Crippen molar-refractivity contribution in [3.05, 3.63) is 29.3 Å². The molecule has 3 rings (SSSR count). The Morgan fingerprint density at radius 1 is 1.08 bits per heavy atom. The third-order valence-electron chi connectivity index (χ3n) is 5.26. The topological polar surface area (TPSA) is 53.0 Å². The second-order valence-corrected chi connectivity index (χ2v) is 7.04. The number of carbonyl (C=O) groups is 1. The second-order valence-electron chi connectivity index (χ2n) is 7.04. The molecule has 1 aliphatic heterocycles. The number of aliphatic hydroxyl groups excluding tert-OH is 1. The summed E-state index contributed by atoms with van der Waals surface area (Å²) in [5.41, 5.74) is 2.90. The first-order valence-corrected chi connectivity index (χ1v) is 9.62. The highest BCUT2D eigenvalue weighted by Crippen LogP contribution is 2.25. The molecule has 1 saturated heterocycles. The number of hydrogen-bond acceptors (Lipinski definition) is 4. The summed E-state index contributed by atoms with van der Waals surface area (Å²) >= 11 is 0. The lowest BCUT2D eigenvalue weighted by molar-refractivity contribution is -0.133. The highest BCUT2D eigenvalue weighted by molar-refractivity contribution is 5.76. The molecule has 1 heterocycles. The third kappa shape index (κ3) is 5.19. The number of hydrogen-bond donors (Lipinski definition) is 1. The van der Waals surface area contributed by atoms with Gasteiger partial charge in [-0.25, -0.2) is 0 Å². The molecule has 1 aromatic carbocycles. The quantitative estimate of drug-likeness (QED) is 0.766. The monoisotopic (exact) mass is 346 g/mol. The van der Waals surface area contributed by atoms with Crippen LogP contribution in [0, 0.1) is 0 Å². The fourth-order valence-electron chi connectivity index (χ4n) is 3.73. The lowest BCUT2D eigenvalue weighted by Crippen LogP contribution is -2.49. The van der Waals surface area contributed by atoms with E-state index in [4.69, 9.17) is 9.84 Å². The van der Waals surface area contributed by atoms with Crippen molar-refractivity contribution in [2.75, 3.05) is 45.9 Å². The molecule has 0 bridgehead atoms. The molecule has 1 N–H and O–H groups in total. The Kier molecular flexibility index (Phi) is 6.70. The van der Waals surface area contributed by atoms with Crippen LogP contribution in [0.2, 0.25) is 0 Å². The van der Waals surface area contributed by atoms with Crippen LogP contribution >= 0.6 is 0 Å². The third-order valence-corrected chi connectivity index (χ3v) is 5.26. The van der Waals surface area contributed by atoms with E-state index in [2.05, 4.69) is 23.1 Å². The van der Waals surface area contributed by atoms with E-state index in [0.717, 1.165) is 44.8 Å². The molecule has 25 heavy (non-hydrogen) atoms. The lowest BCUT2D eigenvalue weighted by atomic mass is 9.92. The van der Waals surface area contributed by atoms with Gasteiger partial charge < -0.3 is 14.7 Å². The maximum absolute atomic E-state index is 12.3. The predicted molar refractivity (Wildman–Crippen MR) is 97.9 cm³/mol. The summed E-state index contributed by atoms with van der Waals surface area (Å²) in [5, 5.41) is 8.96. The smallest absolute Gasteiger partial charge is 0.222 e. The lowest BCUT2D eigenvalue weighted by Gasteiger charge is -2.34. The van der Waals surface area contributed by atoms with Gasteiger partial charge in [-0.2, -0.15) is 0 Å². The zero-order valence-electron chi connectivity index (χ0n) is 15.1. The van der Waals surface area contributed by atoms with Gasteiger partial charge >= 0.3 is 0 Å². The van der Waals surface area contributed by atoms with E-state index in [0.29, 0.717) is 19.6 Å². The normalized spacial score (nSPS) is 18.0. The molecule has 1 amide bonds. The summed E-state index contributed by atoms with van der Waals surface area (Å²) in [6.45, 7) is 4.74. The van der Waals surface area contributed by atoms with Gasteiger partial charge in [0.2, 0.25) is 5.91 Å². The Labute approximate surface area is 150 Å². The van der Waals surface area contributed by atoms with Crippen molar-refractivity contribution in [2.24, 2.45) is 0 Å². The summed E-state index contributed by atoms with van der Waals surface area (Å²) in [6, 6.07) is 6.43. The number of rotatable bonds is 7. The van der Waals surface area contributed by atoms with Crippen molar-refractivity contribution in [2.45, 2.75) is 38.5 Å². The van der Waals surface area contributed by atoms with Crippen LogP contribution in [0.15, 0.2) is 18.2 Å². The first-order chi connectivity index (χ1) is 12.3. The Morgan fingerprint density at radius 3 is 2.60 bits per heavy atom.